The van der Waals surface area contributed by atoms with E-state index in [4.69, 9.17) is 4.42 Å². The number of nitrogens with zero attached hydrogens (tertiary/aromatic N) is 2. The first-order chi connectivity index (χ1) is 9.38. The Labute approximate surface area is 119 Å². The van der Waals surface area contributed by atoms with Crippen LogP contribution in [0.4, 0.5) is 0 Å². The fourth-order valence-corrected chi connectivity index (χ4v) is 4.46. The van der Waals surface area contributed by atoms with Gasteiger partial charge in [0.25, 0.3) is 0 Å². The molecule has 0 saturated carbocycles. The van der Waals surface area contributed by atoms with Crippen molar-refractivity contribution in [1.29, 1.82) is 0 Å². The zero-order valence-corrected chi connectivity index (χ0v) is 12.1. The summed E-state index contributed by atoms with van der Waals surface area (Å²) in [5.74, 6) is 0. The predicted molar refractivity (Wildman–Crippen MR) is 83.2 cm³/mol. The molecule has 5 heteroatoms. The second-order valence-corrected chi connectivity index (χ2v) is 6.45. The summed E-state index contributed by atoms with van der Waals surface area (Å²) in [6, 6.07) is 8.29. The molecule has 0 radical (unpaired) electrons. The van der Waals surface area contributed by atoms with Crippen LogP contribution >= 0.6 is 23.5 Å². The first-order valence-corrected chi connectivity index (χ1v) is 8.17. The van der Waals surface area contributed by atoms with Crippen LogP contribution in [0.25, 0.3) is 16.7 Å². The SMILES string of the molecule is CSC1=C(c2cccc3occc23)N2CCN=C2S1. The van der Waals surface area contributed by atoms with Gasteiger partial charge in [0.05, 0.1) is 22.7 Å². The third-order valence-corrected chi connectivity index (χ3v) is 5.61. The van der Waals surface area contributed by atoms with Crippen molar-refractivity contribution in [3.8, 4) is 0 Å². The average Bonchev–Trinajstić information content (AvgIpc) is 3.12. The van der Waals surface area contributed by atoms with E-state index in [1.165, 1.54) is 20.9 Å². The highest BCUT2D eigenvalue weighted by atomic mass is 32.2. The predicted octanol–water partition coefficient (Wildman–Crippen LogP) is 3.84. The van der Waals surface area contributed by atoms with Gasteiger partial charge < -0.3 is 9.32 Å². The maximum atomic E-state index is 5.51. The van der Waals surface area contributed by atoms with Crippen molar-refractivity contribution in [1.82, 2.24) is 4.90 Å². The van der Waals surface area contributed by atoms with Gasteiger partial charge in [0, 0.05) is 17.5 Å². The molecule has 0 atom stereocenters. The molecule has 19 heavy (non-hydrogen) atoms. The van der Waals surface area contributed by atoms with Gasteiger partial charge in [-0.25, -0.2) is 0 Å². The minimum absolute atomic E-state index is 0.898. The molecule has 2 aliphatic rings. The standard InChI is InChI=1S/C14H12N2OS2/c1-18-13-12(16-7-6-15-14(16)19-13)10-3-2-4-11-9(10)5-8-17-11/h2-5,8H,6-7H2,1H3. The Morgan fingerprint density at radius 2 is 2.32 bits per heavy atom. The summed E-state index contributed by atoms with van der Waals surface area (Å²) >= 11 is 3.58. The van der Waals surface area contributed by atoms with Crippen LogP contribution in [0.5, 0.6) is 0 Å². The number of hydrogen-bond acceptors (Lipinski definition) is 5. The van der Waals surface area contributed by atoms with Crippen molar-refractivity contribution in [3.05, 3.63) is 40.3 Å². The summed E-state index contributed by atoms with van der Waals surface area (Å²) in [5, 5.41) is 2.32. The summed E-state index contributed by atoms with van der Waals surface area (Å²) in [7, 11) is 0. The molecule has 96 valence electrons. The molecule has 0 bridgehead atoms. The van der Waals surface area contributed by atoms with Crippen LogP contribution in [0.3, 0.4) is 0 Å². The molecule has 0 unspecified atom stereocenters. The maximum Gasteiger partial charge on any atom is 0.169 e. The molecular weight excluding hydrogens is 276 g/mol. The van der Waals surface area contributed by atoms with Gasteiger partial charge in [0.1, 0.15) is 5.58 Å². The lowest BCUT2D eigenvalue weighted by atomic mass is 10.1. The second-order valence-electron chi connectivity index (χ2n) is 4.40. The molecule has 0 amide bonds. The molecule has 0 fully saturated rings. The van der Waals surface area contributed by atoms with E-state index in [2.05, 4.69) is 28.3 Å². The van der Waals surface area contributed by atoms with E-state index in [-0.39, 0.29) is 0 Å². The smallest absolute Gasteiger partial charge is 0.169 e. The second kappa shape index (κ2) is 4.35. The van der Waals surface area contributed by atoms with Gasteiger partial charge in [-0.1, -0.05) is 12.1 Å². The van der Waals surface area contributed by atoms with Crippen LogP contribution in [-0.4, -0.2) is 29.4 Å². The van der Waals surface area contributed by atoms with E-state index in [0.717, 1.165) is 23.8 Å². The van der Waals surface area contributed by atoms with Crippen LogP contribution in [-0.2, 0) is 0 Å². The molecule has 1 aromatic carbocycles. The minimum atomic E-state index is 0.898. The Morgan fingerprint density at radius 3 is 3.21 bits per heavy atom. The topological polar surface area (TPSA) is 28.7 Å². The molecule has 0 spiro atoms. The van der Waals surface area contributed by atoms with Crippen molar-refractivity contribution in [3.63, 3.8) is 0 Å². The molecule has 3 heterocycles. The number of hydrogen-bond donors (Lipinski definition) is 0. The molecule has 1 aromatic heterocycles. The zero-order valence-electron chi connectivity index (χ0n) is 10.4. The monoisotopic (exact) mass is 288 g/mol. The molecule has 3 nitrogen and oxygen atoms in total. The largest absolute Gasteiger partial charge is 0.464 e. The van der Waals surface area contributed by atoms with Crippen molar-refractivity contribution < 1.29 is 4.42 Å². The first-order valence-electron chi connectivity index (χ1n) is 6.13. The summed E-state index contributed by atoms with van der Waals surface area (Å²) in [6.45, 7) is 1.88. The summed E-state index contributed by atoms with van der Waals surface area (Å²) in [6.07, 6.45) is 3.88. The van der Waals surface area contributed by atoms with Gasteiger partial charge >= 0.3 is 0 Å². The summed E-state index contributed by atoms with van der Waals surface area (Å²) in [4.78, 5) is 6.90. The normalized spacial score (nSPS) is 18.4. The zero-order chi connectivity index (χ0) is 12.8. The lowest BCUT2D eigenvalue weighted by Gasteiger charge is -2.17. The van der Waals surface area contributed by atoms with Crippen LogP contribution in [0.2, 0.25) is 0 Å². The molecular formula is C14H12N2OS2. The van der Waals surface area contributed by atoms with Crippen LogP contribution in [0, 0.1) is 0 Å². The highest BCUT2D eigenvalue weighted by Crippen LogP contribution is 2.47. The third kappa shape index (κ3) is 1.65. The van der Waals surface area contributed by atoms with Gasteiger partial charge in [-0.2, -0.15) is 0 Å². The fraction of sp³-hybridized carbons (Fsp3) is 0.214. The van der Waals surface area contributed by atoms with Crippen LogP contribution < -0.4 is 0 Å². The maximum absolute atomic E-state index is 5.51. The third-order valence-electron chi connectivity index (χ3n) is 3.39. The summed E-state index contributed by atoms with van der Waals surface area (Å²) < 4.78 is 6.84. The van der Waals surface area contributed by atoms with E-state index in [1.54, 1.807) is 29.8 Å². The van der Waals surface area contributed by atoms with E-state index in [1.807, 2.05) is 12.1 Å². The number of furan rings is 1. The quantitative estimate of drug-likeness (QED) is 0.839. The van der Waals surface area contributed by atoms with Crippen LogP contribution in [0.1, 0.15) is 5.56 Å². The molecule has 2 aromatic rings. The molecule has 2 aliphatic heterocycles. The Hall–Kier alpha value is -1.33. The van der Waals surface area contributed by atoms with Gasteiger partial charge in [-0.15, -0.1) is 11.8 Å². The molecule has 0 saturated heterocycles. The lowest BCUT2D eigenvalue weighted by Crippen LogP contribution is -2.20. The fourth-order valence-electron chi connectivity index (χ4n) is 2.56. The van der Waals surface area contributed by atoms with Gasteiger partial charge in [-0.3, -0.25) is 4.99 Å². The Kier molecular flexibility index (Phi) is 2.63. The number of benzene rings is 1. The Morgan fingerprint density at radius 1 is 1.37 bits per heavy atom. The first kappa shape index (κ1) is 11.5. The van der Waals surface area contributed by atoms with Gasteiger partial charge in [0.15, 0.2) is 5.17 Å². The van der Waals surface area contributed by atoms with E-state index in [9.17, 15) is 0 Å². The van der Waals surface area contributed by atoms with Crippen molar-refractivity contribution >= 4 is 45.4 Å². The van der Waals surface area contributed by atoms with Gasteiger partial charge in [-0.05, 0) is 30.2 Å². The van der Waals surface area contributed by atoms with E-state index in [0.29, 0.717) is 0 Å². The highest BCUT2D eigenvalue weighted by Gasteiger charge is 2.33. The van der Waals surface area contributed by atoms with Crippen molar-refractivity contribution in [2.45, 2.75) is 0 Å². The summed E-state index contributed by atoms with van der Waals surface area (Å²) in [5.41, 5.74) is 3.48. The van der Waals surface area contributed by atoms with E-state index >= 15 is 0 Å². The molecule has 4 rings (SSSR count). The average molecular weight is 288 g/mol. The van der Waals surface area contributed by atoms with Crippen molar-refractivity contribution in [2.24, 2.45) is 4.99 Å². The van der Waals surface area contributed by atoms with Crippen molar-refractivity contribution in [2.75, 3.05) is 19.3 Å². The number of amidine groups is 1. The number of thioether (sulfide) groups is 2. The molecule has 0 N–H and O–H groups in total. The van der Waals surface area contributed by atoms with Gasteiger partial charge in [0.2, 0.25) is 0 Å². The Balaban J connectivity index is 1.95. The minimum Gasteiger partial charge on any atom is -0.464 e. The number of rotatable bonds is 2. The van der Waals surface area contributed by atoms with E-state index < -0.39 is 0 Å². The number of aliphatic imine (C=N–C) groups is 1. The highest BCUT2D eigenvalue weighted by molar-refractivity contribution is 8.30. The van der Waals surface area contributed by atoms with Crippen LogP contribution in [0.15, 0.2) is 44.2 Å². The number of fused-ring (bicyclic) bond motifs is 2. The molecule has 0 aliphatic carbocycles. The Bertz CT molecular complexity index is 717. The lowest BCUT2D eigenvalue weighted by molar-refractivity contribution is 0.615.